The van der Waals surface area contributed by atoms with Gasteiger partial charge in [0.1, 0.15) is 0 Å². The largest absolute Gasteiger partial charge is 0.458 e. The molecule has 0 saturated heterocycles. The summed E-state index contributed by atoms with van der Waals surface area (Å²) >= 11 is 15.9. The summed E-state index contributed by atoms with van der Waals surface area (Å²) in [5.41, 5.74) is 0. The van der Waals surface area contributed by atoms with Crippen molar-refractivity contribution in [3.63, 3.8) is 0 Å². The summed E-state index contributed by atoms with van der Waals surface area (Å²) < 4.78 is 89.0. The van der Waals surface area contributed by atoms with E-state index >= 15 is 0 Å². The predicted octanol–water partition coefficient (Wildman–Crippen LogP) is 4.84. The lowest BCUT2D eigenvalue weighted by Gasteiger charge is -2.32. The maximum absolute atomic E-state index is 13.0. The van der Waals surface area contributed by atoms with E-state index in [0.29, 0.717) is 0 Å². The van der Waals surface area contributed by atoms with Gasteiger partial charge in [0.15, 0.2) is 0 Å². The Morgan fingerprint density at radius 1 is 0.944 bits per heavy atom. The van der Waals surface area contributed by atoms with Crippen LogP contribution in [-0.4, -0.2) is 30.3 Å². The highest BCUT2D eigenvalue weighted by Crippen LogP contribution is 2.48. The first kappa shape index (κ1) is 18.6. The van der Waals surface area contributed by atoms with Gasteiger partial charge in [-0.15, -0.1) is 33.2 Å². The third kappa shape index (κ3) is 4.91. The van der Waals surface area contributed by atoms with Crippen LogP contribution in [0.4, 0.5) is 30.7 Å². The normalized spacial score (nSPS) is 16.8. The summed E-state index contributed by atoms with van der Waals surface area (Å²) in [6, 6.07) is -4.26. The van der Waals surface area contributed by atoms with Gasteiger partial charge in [-0.25, -0.2) is 0 Å². The molecule has 0 fully saturated rings. The summed E-state index contributed by atoms with van der Waals surface area (Å²) in [7, 11) is 0. The molecule has 0 saturated carbocycles. The summed E-state index contributed by atoms with van der Waals surface area (Å²) in [6.45, 7) is 0.751. The standard InChI is InChI=1S/C6H6Cl3F7OSi/c1-3(2-18(7,8)9)17-4(10,5(11,12)13)6(14,15)16/h3H,2H2,1H3. The minimum Gasteiger partial charge on any atom is -0.329 e. The van der Waals surface area contributed by atoms with Gasteiger partial charge in [-0.05, 0) is 6.92 Å². The van der Waals surface area contributed by atoms with Crippen molar-refractivity contribution in [3.05, 3.63) is 0 Å². The van der Waals surface area contributed by atoms with Crippen LogP contribution in [0.1, 0.15) is 6.92 Å². The molecule has 0 aliphatic carbocycles. The average molecular weight is 362 g/mol. The second-order valence-corrected chi connectivity index (χ2v) is 12.5. The minimum absolute atomic E-state index is 0.713. The maximum Gasteiger partial charge on any atom is 0.458 e. The SMILES string of the molecule is CC(C[Si](Cl)(Cl)Cl)OC(F)(C(F)(F)F)C(F)(F)F. The van der Waals surface area contributed by atoms with Gasteiger partial charge in [-0.1, -0.05) is 0 Å². The zero-order valence-electron chi connectivity index (χ0n) is 8.47. The molecule has 0 heterocycles. The summed E-state index contributed by atoms with van der Waals surface area (Å²) in [5.74, 6) is -5.79. The molecule has 0 aromatic rings. The van der Waals surface area contributed by atoms with E-state index in [9.17, 15) is 30.7 Å². The highest BCUT2D eigenvalue weighted by Gasteiger charge is 2.75. The molecule has 0 amide bonds. The smallest absolute Gasteiger partial charge is 0.329 e. The van der Waals surface area contributed by atoms with E-state index < -0.39 is 36.4 Å². The van der Waals surface area contributed by atoms with Gasteiger partial charge in [0, 0.05) is 6.04 Å². The molecule has 0 N–H and O–H groups in total. The molecule has 0 radical (unpaired) electrons. The Morgan fingerprint density at radius 2 is 1.28 bits per heavy atom. The van der Waals surface area contributed by atoms with Crippen LogP contribution in [0.25, 0.3) is 0 Å². The molecule has 0 aromatic carbocycles. The van der Waals surface area contributed by atoms with E-state index in [1.807, 2.05) is 0 Å². The number of rotatable bonds is 4. The van der Waals surface area contributed by atoms with Crippen LogP contribution in [-0.2, 0) is 4.74 Å². The predicted molar refractivity (Wildman–Crippen MR) is 54.6 cm³/mol. The third-order valence-electron chi connectivity index (χ3n) is 1.61. The zero-order chi connectivity index (χ0) is 15.0. The highest BCUT2D eigenvalue weighted by molar-refractivity contribution is 7.64. The summed E-state index contributed by atoms with van der Waals surface area (Å²) in [5, 5.41) is 0. The van der Waals surface area contributed by atoms with Crippen molar-refractivity contribution >= 4 is 39.2 Å². The van der Waals surface area contributed by atoms with Crippen molar-refractivity contribution < 1.29 is 35.5 Å². The van der Waals surface area contributed by atoms with Crippen molar-refractivity contribution in [1.82, 2.24) is 0 Å². The molecule has 110 valence electrons. The van der Waals surface area contributed by atoms with Gasteiger partial charge in [-0.3, -0.25) is 0 Å². The lowest BCUT2D eigenvalue weighted by atomic mass is 10.2. The Morgan fingerprint density at radius 3 is 1.50 bits per heavy atom. The second kappa shape index (κ2) is 5.51. The van der Waals surface area contributed by atoms with Gasteiger partial charge in [0.05, 0.1) is 6.10 Å². The van der Waals surface area contributed by atoms with E-state index in [0.717, 1.165) is 6.92 Å². The van der Waals surface area contributed by atoms with Gasteiger partial charge >= 0.3 is 24.2 Å². The number of hydrogen-bond acceptors (Lipinski definition) is 1. The topological polar surface area (TPSA) is 9.23 Å². The third-order valence-corrected chi connectivity index (χ3v) is 4.04. The Hall–Kier alpha value is 0.557. The first-order valence-electron chi connectivity index (χ1n) is 4.17. The molecule has 0 aliphatic rings. The molecule has 1 atom stereocenters. The molecule has 1 nitrogen and oxygen atoms in total. The molecule has 12 heteroatoms. The van der Waals surface area contributed by atoms with E-state index in [4.69, 9.17) is 33.2 Å². The molecule has 0 spiro atoms. The van der Waals surface area contributed by atoms with E-state index in [-0.39, 0.29) is 0 Å². The molecular formula is C6H6Cl3F7OSi. The monoisotopic (exact) mass is 360 g/mol. The first-order chi connectivity index (χ1) is 7.60. The van der Waals surface area contributed by atoms with Crippen LogP contribution in [0.15, 0.2) is 0 Å². The number of hydrogen-bond donors (Lipinski definition) is 0. The van der Waals surface area contributed by atoms with Crippen LogP contribution in [0.3, 0.4) is 0 Å². The minimum atomic E-state index is -6.28. The van der Waals surface area contributed by atoms with Gasteiger partial charge in [0.25, 0.3) is 0 Å². The molecule has 0 rings (SSSR count). The van der Waals surface area contributed by atoms with Crippen LogP contribution < -0.4 is 0 Å². The molecule has 18 heavy (non-hydrogen) atoms. The Bertz CT molecular complexity index is 272. The second-order valence-electron chi connectivity index (χ2n) is 3.34. The molecule has 0 bridgehead atoms. The molecule has 0 aliphatic heterocycles. The number of ether oxygens (including phenoxy) is 1. The van der Waals surface area contributed by atoms with Crippen molar-refractivity contribution in [2.24, 2.45) is 0 Å². The van der Waals surface area contributed by atoms with Crippen molar-refractivity contribution in [2.45, 2.75) is 37.3 Å². The number of halogens is 10. The lowest BCUT2D eigenvalue weighted by Crippen LogP contribution is -2.56. The fourth-order valence-electron chi connectivity index (χ4n) is 0.939. The Kier molecular flexibility index (Phi) is 5.68. The fraction of sp³-hybridized carbons (Fsp3) is 1.00. The Balaban J connectivity index is 5.07. The van der Waals surface area contributed by atoms with Crippen molar-refractivity contribution in [3.8, 4) is 0 Å². The van der Waals surface area contributed by atoms with Gasteiger partial charge < -0.3 is 4.74 Å². The summed E-state index contributed by atoms with van der Waals surface area (Å²) in [4.78, 5) is 0. The fourth-order valence-corrected chi connectivity index (χ4v) is 3.63. The maximum atomic E-state index is 13.0. The number of alkyl halides is 7. The zero-order valence-corrected chi connectivity index (χ0v) is 11.7. The summed E-state index contributed by atoms with van der Waals surface area (Å²) in [6.07, 6.45) is -14.4. The van der Waals surface area contributed by atoms with Gasteiger partial charge in [0.2, 0.25) is 0 Å². The molecular weight excluding hydrogens is 355 g/mol. The lowest BCUT2D eigenvalue weighted by molar-refractivity contribution is -0.436. The highest BCUT2D eigenvalue weighted by atomic mass is 35.8. The van der Waals surface area contributed by atoms with Gasteiger partial charge in [-0.2, -0.15) is 30.7 Å². The molecule has 1 unspecified atom stereocenters. The van der Waals surface area contributed by atoms with E-state index in [1.54, 1.807) is 0 Å². The van der Waals surface area contributed by atoms with Crippen molar-refractivity contribution in [1.29, 1.82) is 0 Å². The molecule has 0 aromatic heterocycles. The van der Waals surface area contributed by atoms with Crippen LogP contribution in [0.5, 0.6) is 0 Å². The van der Waals surface area contributed by atoms with Crippen LogP contribution in [0, 0.1) is 0 Å². The average Bonchev–Trinajstić information content (AvgIpc) is 1.94. The van der Waals surface area contributed by atoms with E-state index in [2.05, 4.69) is 4.74 Å². The Labute approximate surface area is 112 Å². The first-order valence-corrected chi connectivity index (χ1v) is 9.41. The van der Waals surface area contributed by atoms with E-state index in [1.165, 1.54) is 0 Å². The van der Waals surface area contributed by atoms with Crippen molar-refractivity contribution in [2.75, 3.05) is 0 Å². The van der Waals surface area contributed by atoms with Crippen LogP contribution >= 0.6 is 33.2 Å². The van der Waals surface area contributed by atoms with Crippen LogP contribution in [0.2, 0.25) is 6.04 Å². The quantitative estimate of drug-likeness (QED) is 0.396.